The standard InChI is InChI=1S/C18H30N2O6/c1-4-6-7-9-13(5-2)18(16(24)15(23)14(12-22)26-18)20(10-8-11-21)17(25)19-3/h5,8,10-11,13-16,22-24H,2,4,6-7,9,12H2,1,3H3,(H,19,25)/b10-8-/t13?,14-,15-,16-,18-/m1/s1. The largest absolute Gasteiger partial charge is 0.394 e. The minimum atomic E-state index is -1.69. The molecule has 0 aromatic heterocycles. The summed E-state index contributed by atoms with van der Waals surface area (Å²) in [5.41, 5.74) is -1.69. The minimum Gasteiger partial charge on any atom is -0.394 e. The molecule has 26 heavy (non-hydrogen) atoms. The van der Waals surface area contributed by atoms with Gasteiger partial charge in [-0.05, 0) is 12.5 Å². The number of ether oxygens (including phenoxy) is 1. The van der Waals surface area contributed by atoms with E-state index in [1.54, 1.807) is 6.08 Å². The van der Waals surface area contributed by atoms with Crippen LogP contribution < -0.4 is 5.32 Å². The third-order valence-corrected chi connectivity index (χ3v) is 4.71. The van der Waals surface area contributed by atoms with Gasteiger partial charge in [-0.15, -0.1) is 6.58 Å². The van der Waals surface area contributed by atoms with Crippen molar-refractivity contribution in [2.75, 3.05) is 13.7 Å². The van der Waals surface area contributed by atoms with Gasteiger partial charge in [-0.1, -0.05) is 32.3 Å². The number of urea groups is 1. The van der Waals surface area contributed by atoms with Crippen molar-refractivity contribution in [3.63, 3.8) is 0 Å². The highest BCUT2D eigenvalue weighted by molar-refractivity contribution is 5.77. The summed E-state index contributed by atoms with van der Waals surface area (Å²) in [4.78, 5) is 24.3. The zero-order chi connectivity index (χ0) is 19.7. The van der Waals surface area contributed by atoms with Crippen LogP contribution in [0.5, 0.6) is 0 Å². The lowest BCUT2D eigenvalue weighted by atomic mass is 9.84. The molecule has 148 valence electrons. The number of aliphatic hydroxyl groups is 3. The SMILES string of the molecule is C=CC(CCCCC)[C@@]1(N(/C=C\C=O)C(=O)NC)O[C@H](CO)[C@@H](O)[C@H]1O. The normalized spacial score (nSPS) is 29.5. The van der Waals surface area contributed by atoms with Crippen molar-refractivity contribution in [1.82, 2.24) is 10.2 Å². The Balaban J connectivity index is 3.43. The van der Waals surface area contributed by atoms with E-state index in [2.05, 4.69) is 18.8 Å². The summed E-state index contributed by atoms with van der Waals surface area (Å²) in [6, 6.07) is -0.629. The van der Waals surface area contributed by atoms with E-state index in [1.807, 2.05) is 0 Å². The van der Waals surface area contributed by atoms with Crippen LogP contribution in [0.4, 0.5) is 4.79 Å². The molecule has 0 bridgehead atoms. The van der Waals surface area contributed by atoms with Gasteiger partial charge in [-0.3, -0.25) is 9.69 Å². The molecule has 1 saturated heterocycles. The van der Waals surface area contributed by atoms with Crippen molar-refractivity contribution in [1.29, 1.82) is 0 Å². The molecule has 1 unspecified atom stereocenters. The Morgan fingerprint density at radius 1 is 1.42 bits per heavy atom. The van der Waals surface area contributed by atoms with Gasteiger partial charge in [0.25, 0.3) is 0 Å². The predicted octanol–water partition coefficient (Wildman–Crippen LogP) is 0.532. The van der Waals surface area contributed by atoms with E-state index >= 15 is 0 Å². The van der Waals surface area contributed by atoms with Crippen LogP contribution in [-0.2, 0) is 9.53 Å². The quantitative estimate of drug-likeness (QED) is 0.193. The van der Waals surface area contributed by atoms with Crippen LogP contribution in [-0.4, -0.2) is 70.2 Å². The number of rotatable bonds is 10. The van der Waals surface area contributed by atoms with Crippen molar-refractivity contribution >= 4 is 12.3 Å². The number of hydrogen-bond acceptors (Lipinski definition) is 6. The van der Waals surface area contributed by atoms with Crippen LogP contribution in [0.25, 0.3) is 0 Å². The number of unbranched alkanes of at least 4 members (excludes halogenated alkanes) is 2. The lowest BCUT2D eigenvalue weighted by molar-refractivity contribution is -0.179. The second-order valence-electron chi connectivity index (χ2n) is 6.27. The molecule has 0 saturated carbocycles. The van der Waals surface area contributed by atoms with Gasteiger partial charge in [-0.25, -0.2) is 4.79 Å². The van der Waals surface area contributed by atoms with Gasteiger partial charge in [-0.2, -0.15) is 0 Å². The third kappa shape index (κ3) is 4.32. The molecule has 1 fully saturated rings. The van der Waals surface area contributed by atoms with Crippen molar-refractivity contribution in [2.24, 2.45) is 5.92 Å². The Kier molecular flexibility index (Phi) is 8.94. The zero-order valence-corrected chi connectivity index (χ0v) is 15.4. The first-order valence-corrected chi connectivity index (χ1v) is 8.84. The maximum Gasteiger partial charge on any atom is 0.323 e. The molecule has 1 heterocycles. The molecule has 1 rings (SSSR count). The number of amides is 2. The van der Waals surface area contributed by atoms with E-state index in [0.29, 0.717) is 12.7 Å². The molecule has 4 N–H and O–H groups in total. The Labute approximate surface area is 154 Å². The average Bonchev–Trinajstić information content (AvgIpc) is 2.91. The number of aliphatic hydroxyl groups excluding tert-OH is 3. The molecule has 0 aromatic rings. The van der Waals surface area contributed by atoms with Crippen LogP contribution in [0.15, 0.2) is 24.9 Å². The second kappa shape index (κ2) is 10.4. The number of hydrogen-bond donors (Lipinski definition) is 4. The Morgan fingerprint density at radius 2 is 2.12 bits per heavy atom. The molecular formula is C18H30N2O6. The molecule has 8 heteroatoms. The fourth-order valence-corrected chi connectivity index (χ4v) is 3.35. The third-order valence-electron chi connectivity index (χ3n) is 4.71. The molecule has 0 aromatic carbocycles. The maximum atomic E-state index is 12.5. The van der Waals surface area contributed by atoms with Gasteiger partial charge < -0.3 is 25.4 Å². The maximum absolute atomic E-state index is 12.5. The van der Waals surface area contributed by atoms with Crippen molar-refractivity contribution < 1.29 is 29.6 Å². The number of nitrogens with zero attached hydrogens (tertiary/aromatic N) is 1. The highest BCUT2D eigenvalue weighted by Crippen LogP contribution is 2.43. The summed E-state index contributed by atoms with van der Waals surface area (Å²) in [6.07, 6.45) is 3.63. The van der Waals surface area contributed by atoms with Crippen LogP contribution >= 0.6 is 0 Å². The Morgan fingerprint density at radius 3 is 2.58 bits per heavy atom. The van der Waals surface area contributed by atoms with E-state index in [0.717, 1.165) is 30.2 Å². The highest BCUT2D eigenvalue weighted by atomic mass is 16.6. The van der Waals surface area contributed by atoms with E-state index in [1.165, 1.54) is 13.2 Å². The van der Waals surface area contributed by atoms with Crippen molar-refractivity contribution in [3.05, 3.63) is 24.9 Å². The molecule has 5 atom stereocenters. The first kappa shape index (κ1) is 22.3. The first-order valence-electron chi connectivity index (χ1n) is 8.84. The molecule has 0 aliphatic carbocycles. The second-order valence-corrected chi connectivity index (χ2v) is 6.27. The molecule has 8 nitrogen and oxygen atoms in total. The van der Waals surface area contributed by atoms with Gasteiger partial charge in [0.05, 0.1) is 6.61 Å². The van der Waals surface area contributed by atoms with Gasteiger partial charge in [0, 0.05) is 19.2 Å². The molecular weight excluding hydrogens is 340 g/mol. The fourth-order valence-electron chi connectivity index (χ4n) is 3.35. The Bertz CT molecular complexity index is 512. The summed E-state index contributed by atoms with van der Waals surface area (Å²) in [7, 11) is 1.40. The number of nitrogens with one attached hydrogen (secondary N) is 1. The highest BCUT2D eigenvalue weighted by Gasteiger charge is 2.61. The van der Waals surface area contributed by atoms with Crippen LogP contribution in [0, 0.1) is 5.92 Å². The minimum absolute atomic E-state index is 0.491. The average molecular weight is 370 g/mol. The van der Waals surface area contributed by atoms with Crippen molar-refractivity contribution in [2.45, 2.75) is 56.6 Å². The molecule has 1 aliphatic heterocycles. The number of carbonyl (C=O) groups is 2. The summed E-state index contributed by atoms with van der Waals surface area (Å²) >= 11 is 0. The first-order chi connectivity index (χ1) is 12.4. The smallest absolute Gasteiger partial charge is 0.323 e. The number of carbonyl (C=O) groups excluding carboxylic acids is 2. The fraction of sp³-hybridized carbons (Fsp3) is 0.667. The molecule has 2 amide bonds. The van der Waals surface area contributed by atoms with Crippen LogP contribution in [0.1, 0.15) is 32.6 Å². The predicted molar refractivity (Wildman–Crippen MR) is 96.0 cm³/mol. The topological polar surface area (TPSA) is 119 Å². The van der Waals surface area contributed by atoms with Gasteiger partial charge >= 0.3 is 6.03 Å². The van der Waals surface area contributed by atoms with Crippen LogP contribution in [0.3, 0.4) is 0 Å². The Hall–Kier alpha value is -1.74. The van der Waals surface area contributed by atoms with Gasteiger partial charge in [0.2, 0.25) is 0 Å². The van der Waals surface area contributed by atoms with E-state index in [9.17, 15) is 24.9 Å². The van der Waals surface area contributed by atoms with E-state index in [-0.39, 0.29) is 0 Å². The van der Waals surface area contributed by atoms with Gasteiger partial charge in [0.1, 0.15) is 24.6 Å². The van der Waals surface area contributed by atoms with E-state index < -0.39 is 42.6 Å². The number of allylic oxidation sites excluding steroid dienone is 1. The molecule has 0 radical (unpaired) electrons. The van der Waals surface area contributed by atoms with Gasteiger partial charge in [0.15, 0.2) is 5.72 Å². The summed E-state index contributed by atoms with van der Waals surface area (Å²) in [5.74, 6) is -0.538. The molecule has 0 spiro atoms. The summed E-state index contributed by atoms with van der Waals surface area (Å²) in [5, 5.41) is 33.1. The number of aldehydes is 1. The molecule has 1 aliphatic rings. The summed E-state index contributed by atoms with van der Waals surface area (Å²) < 4.78 is 5.87. The van der Waals surface area contributed by atoms with Crippen molar-refractivity contribution in [3.8, 4) is 0 Å². The lowest BCUT2D eigenvalue weighted by Gasteiger charge is -2.45. The zero-order valence-electron chi connectivity index (χ0n) is 15.4. The lowest BCUT2D eigenvalue weighted by Crippen LogP contribution is -2.62. The monoisotopic (exact) mass is 370 g/mol. The van der Waals surface area contributed by atoms with Crippen LogP contribution in [0.2, 0.25) is 0 Å². The summed E-state index contributed by atoms with van der Waals surface area (Å²) in [6.45, 7) is 5.32. The van der Waals surface area contributed by atoms with E-state index in [4.69, 9.17) is 4.74 Å².